The quantitative estimate of drug-likeness (QED) is 0.390. The van der Waals surface area contributed by atoms with E-state index in [-0.39, 0.29) is 35.3 Å². The molecule has 0 unspecified atom stereocenters. The van der Waals surface area contributed by atoms with Crippen molar-refractivity contribution in [3.8, 4) is 6.07 Å². The van der Waals surface area contributed by atoms with Gasteiger partial charge in [-0.15, -0.1) is 11.8 Å². The zero-order valence-corrected chi connectivity index (χ0v) is 16.9. The van der Waals surface area contributed by atoms with Gasteiger partial charge in [-0.05, 0) is 17.9 Å². The number of ether oxygens (including phenoxy) is 1. The van der Waals surface area contributed by atoms with Crippen LogP contribution in [0.25, 0.3) is 0 Å². The Morgan fingerprint density at radius 3 is 2.59 bits per heavy atom. The van der Waals surface area contributed by atoms with Crippen molar-refractivity contribution in [2.24, 2.45) is 5.73 Å². The number of nitrogen functional groups attached to an aromatic ring is 1. The van der Waals surface area contributed by atoms with Crippen molar-refractivity contribution in [1.82, 2.24) is 9.97 Å². The molecule has 0 aliphatic rings. The third-order valence-corrected chi connectivity index (χ3v) is 4.60. The van der Waals surface area contributed by atoms with Crippen molar-refractivity contribution >= 4 is 35.4 Å². The standard InChI is InChI=1S/C18H17F3N6O3S.CH4/c1-31-15-11(7-22)14(26-16(23)27-15)25-12(8-30-17(24)29)13(28)6-9-3-2-4-10(5-9)18(19,20)21;/h2-5,12H,6,8H2,1H3,(H2,24,29)(H3,23,25,26,27);1H4/t12-;/m0./s1. The van der Waals surface area contributed by atoms with Crippen LogP contribution in [-0.4, -0.2) is 40.7 Å². The third kappa shape index (κ3) is 7.02. The molecule has 1 heterocycles. The lowest BCUT2D eigenvalue weighted by Gasteiger charge is -2.19. The lowest BCUT2D eigenvalue weighted by Crippen LogP contribution is -2.37. The Morgan fingerprint density at radius 1 is 1.34 bits per heavy atom. The molecule has 0 saturated carbocycles. The lowest BCUT2D eigenvalue weighted by molar-refractivity contribution is -0.137. The van der Waals surface area contributed by atoms with Crippen molar-refractivity contribution in [2.45, 2.75) is 31.1 Å². The van der Waals surface area contributed by atoms with Gasteiger partial charge in [0.25, 0.3) is 0 Å². The molecular weight excluding hydrogens is 449 g/mol. The van der Waals surface area contributed by atoms with Crippen LogP contribution in [0.2, 0.25) is 0 Å². The van der Waals surface area contributed by atoms with E-state index >= 15 is 0 Å². The fourth-order valence-corrected chi connectivity index (χ4v) is 3.07. The van der Waals surface area contributed by atoms with Crippen LogP contribution >= 0.6 is 11.8 Å². The normalized spacial score (nSPS) is 11.6. The highest BCUT2D eigenvalue weighted by atomic mass is 32.2. The molecule has 172 valence electrons. The van der Waals surface area contributed by atoms with Crippen molar-refractivity contribution in [3.63, 3.8) is 0 Å². The first-order valence-electron chi connectivity index (χ1n) is 8.54. The number of nitrogens with two attached hydrogens (primary N) is 2. The fourth-order valence-electron chi connectivity index (χ4n) is 2.54. The molecule has 9 nitrogen and oxygen atoms in total. The lowest BCUT2D eigenvalue weighted by atomic mass is 10.0. The van der Waals surface area contributed by atoms with Gasteiger partial charge in [0.2, 0.25) is 5.95 Å². The summed E-state index contributed by atoms with van der Waals surface area (Å²) in [6.45, 7) is -0.545. The molecule has 1 aromatic carbocycles. The highest BCUT2D eigenvalue weighted by molar-refractivity contribution is 7.98. The molecule has 1 amide bonds. The molecule has 0 radical (unpaired) electrons. The highest BCUT2D eigenvalue weighted by Crippen LogP contribution is 2.30. The number of hydrogen-bond donors (Lipinski definition) is 3. The van der Waals surface area contributed by atoms with Crippen molar-refractivity contribution < 1.29 is 27.5 Å². The van der Waals surface area contributed by atoms with Crippen LogP contribution in [0, 0.1) is 11.3 Å². The van der Waals surface area contributed by atoms with Gasteiger partial charge in [-0.25, -0.2) is 9.78 Å². The maximum absolute atomic E-state index is 12.9. The fraction of sp³-hybridized carbons (Fsp3) is 0.316. The summed E-state index contributed by atoms with van der Waals surface area (Å²) in [7, 11) is 0. The van der Waals surface area contributed by atoms with Crippen LogP contribution in [0.4, 0.5) is 29.7 Å². The SMILES string of the molecule is C.CSc1nc(N)nc(N[C@@H](COC(N)=O)C(=O)Cc2cccc(C(F)(F)F)c2)c1C#N. The molecule has 1 atom stereocenters. The van der Waals surface area contributed by atoms with Crippen molar-refractivity contribution in [1.29, 1.82) is 5.26 Å². The summed E-state index contributed by atoms with van der Waals surface area (Å²) in [6.07, 6.45) is -4.49. The number of nitrogens with one attached hydrogen (secondary N) is 1. The molecule has 1 aromatic heterocycles. The average molecular weight is 470 g/mol. The Bertz CT molecular complexity index is 1030. The Kier molecular flexibility index (Phi) is 9.27. The Balaban J connectivity index is 0.00000512. The number of nitriles is 1. The maximum atomic E-state index is 12.9. The Morgan fingerprint density at radius 2 is 2.03 bits per heavy atom. The van der Waals surface area contributed by atoms with Crippen molar-refractivity contribution in [3.05, 3.63) is 41.0 Å². The van der Waals surface area contributed by atoms with Crippen LogP contribution in [0.15, 0.2) is 29.3 Å². The zero-order valence-electron chi connectivity index (χ0n) is 16.1. The predicted octanol–water partition coefficient (Wildman–Crippen LogP) is 2.99. The van der Waals surface area contributed by atoms with E-state index in [2.05, 4.69) is 20.0 Å². The number of alkyl halides is 3. The molecule has 0 saturated heterocycles. The number of benzene rings is 1. The van der Waals surface area contributed by atoms with Gasteiger partial charge >= 0.3 is 12.3 Å². The maximum Gasteiger partial charge on any atom is 0.416 e. The number of thioether (sulfide) groups is 1. The summed E-state index contributed by atoms with van der Waals surface area (Å²) >= 11 is 1.12. The molecule has 0 aliphatic heterocycles. The van der Waals surface area contributed by atoms with E-state index < -0.39 is 42.7 Å². The Hall–Kier alpha value is -3.53. The number of anilines is 2. The van der Waals surface area contributed by atoms with E-state index in [1.807, 2.05) is 6.07 Å². The minimum Gasteiger partial charge on any atom is -0.447 e. The highest BCUT2D eigenvalue weighted by Gasteiger charge is 2.31. The average Bonchev–Trinajstić information content (AvgIpc) is 2.69. The van der Waals surface area contributed by atoms with E-state index in [4.69, 9.17) is 11.5 Å². The van der Waals surface area contributed by atoms with Crippen LogP contribution < -0.4 is 16.8 Å². The number of carbonyl (C=O) groups is 2. The number of Topliss-reactive ketones (excluding diaryl/α,β-unsaturated/α-hetero) is 1. The first-order chi connectivity index (χ1) is 14.5. The summed E-state index contributed by atoms with van der Waals surface area (Å²) in [4.78, 5) is 31.6. The topological polar surface area (TPSA) is 157 Å². The summed E-state index contributed by atoms with van der Waals surface area (Å²) in [6, 6.07) is 4.89. The van der Waals surface area contributed by atoms with Gasteiger partial charge in [0.05, 0.1) is 5.56 Å². The zero-order chi connectivity index (χ0) is 23.2. The molecule has 0 fully saturated rings. The molecule has 0 aliphatic carbocycles. The second-order valence-corrected chi connectivity index (χ2v) is 6.89. The smallest absolute Gasteiger partial charge is 0.416 e. The number of rotatable bonds is 8. The van der Waals surface area contributed by atoms with Gasteiger partial charge in [0, 0.05) is 6.42 Å². The van der Waals surface area contributed by atoms with E-state index in [1.54, 1.807) is 6.26 Å². The molecule has 5 N–H and O–H groups in total. The summed E-state index contributed by atoms with van der Waals surface area (Å²) in [5.74, 6) is -0.895. The minimum absolute atomic E-state index is 0. The molecule has 2 rings (SSSR count). The van der Waals surface area contributed by atoms with Gasteiger partial charge in [0.15, 0.2) is 11.6 Å². The van der Waals surface area contributed by atoms with Gasteiger partial charge < -0.3 is 21.5 Å². The van der Waals surface area contributed by atoms with Crippen LogP contribution in [0.1, 0.15) is 24.1 Å². The Labute approximate surface area is 186 Å². The molecule has 0 bridgehead atoms. The number of amides is 1. The molecule has 13 heteroatoms. The van der Waals surface area contributed by atoms with Crippen LogP contribution in [0.3, 0.4) is 0 Å². The summed E-state index contributed by atoms with van der Waals surface area (Å²) < 4.78 is 43.5. The first kappa shape index (κ1) is 26.5. The van der Waals surface area contributed by atoms with Gasteiger partial charge in [-0.3, -0.25) is 4.79 Å². The summed E-state index contributed by atoms with van der Waals surface area (Å²) in [5.41, 5.74) is 9.77. The number of halogens is 3. The number of carbonyl (C=O) groups excluding carboxylic acids is 2. The molecule has 2 aromatic rings. The number of aromatic nitrogens is 2. The van der Waals surface area contributed by atoms with Gasteiger partial charge in [-0.2, -0.15) is 23.4 Å². The van der Waals surface area contributed by atoms with Crippen LogP contribution in [0.5, 0.6) is 0 Å². The third-order valence-electron chi connectivity index (χ3n) is 3.92. The molecular formula is C19H21F3N6O3S. The van der Waals surface area contributed by atoms with Gasteiger partial charge in [0.1, 0.15) is 29.3 Å². The second kappa shape index (κ2) is 11.2. The minimum atomic E-state index is -4.57. The second-order valence-electron chi connectivity index (χ2n) is 6.09. The number of ketones is 1. The molecule has 32 heavy (non-hydrogen) atoms. The monoisotopic (exact) mass is 470 g/mol. The van der Waals surface area contributed by atoms with E-state index in [0.29, 0.717) is 0 Å². The van der Waals surface area contributed by atoms with Gasteiger partial charge in [-0.1, -0.05) is 25.6 Å². The number of nitrogens with zero attached hydrogens (tertiary/aromatic N) is 3. The van der Waals surface area contributed by atoms with E-state index in [1.165, 1.54) is 12.1 Å². The van der Waals surface area contributed by atoms with E-state index in [9.17, 15) is 28.0 Å². The first-order valence-corrected chi connectivity index (χ1v) is 9.76. The van der Waals surface area contributed by atoms with Crippen molar-refractivity contribution in [2.75, 3.05) is 23.9 Å². The molecule has 0 spiro atoms. The summed E-state index contributed by atoms with van der Waals surface area (Å²) in [5, 5.41) is 12.3. The number of hydrogen-bond acceptors (Lipinski definition) is 9. The number of primary amides is 1. The van der Waals surface area contributed by atoms with Crippen LogP contribution in [-0.2, 0) is 22.1 Å². The van der Waals surface area contributed by atoms with E-state index in [0.717, 1.165) is 23.9 Å². The largest absolute Gasteiger partial charge is 0.447 e. The predicted molar refractivity (Wildman–Crippen MR) is 113 cm³/mol.